The van der Waals surface area contributed by atoms with Crippen LogP contribution in [0.3, 0.4) is 0 Å². The first-order valence-electron chi connectivity index (χ1n) is 9.32. The molecule has 3 aromatic rings. The number of nitrogens with zero attached hydrogens (tertiary/aromatic N) is 4. The van der Waals surface area contributed by atoms with E-state index in [0.717, 1.165) is 4.90 Å². The van der Waals surface area contributed by atoms with Gasteiger partial charge in [-0.05, 0) is 30.3 Å². The van der Waals surface area contributed by atoms with E-state index in [1.165, 1.54) is 47.7 Å². The van der Waals surface area contributed by atoms with E-state index in [9.17, 15) is 24.5 Å². The van der Waals surface area contributed by atoms with Gasteiger partial charge >= 0.3 is 0 Å². The summed E-state index contributed by atoms with van der Waals surface area (Å²) >= 11 is 1.17. The molecule has 0 spiro atoms. The molecule has 1 aliphatic rings. The van der Waals surface area contributed by atoms with Gasteiger partial charge in [-0.2, -0.15) is 4.99 Å². The molecule has 3 amide bonds. The smallest absolute Gasteiger partial charge is 0.279 e. The fraction of sp³-hybridized carbons (Fsp3) is 0.143. The number of carbonyl (C=O) groups is 3. The van der Waals surface area contributed by atoms with Gasteiger partial charge in [0.25, 0.3) is 11.6 Å². The second-order valence-electron chi connectivity index (χ2n) is 6.78. The molecule has 31 heavy (non-hydrogen) atoms. The van der Waals surface area contributed by atoms with E-state index in [-0.39, 0.29) is 35.9 Å². The van der Waals surface area contributed by atoms with Gasteiger partial charge in [-0.15, -0.1) is 6.58 Å². The number of allylic oxidation sites excluding steroid dienone is 1. The Morgan fingerprint density at radius 2 is 1.84 bits per heavy atom. The molecule has 10 heteroatoms. The van der Waals surface area contributed by atoms with Crippen LogP contribution in [0.2, 0.25) is 0 Å². The van der Waals surface area contributed by atoms with Crippen molar-refractivity contribution in [3.63, 3.8) is 0 Å². The fourth-order valence-electron chi connectivity index (χ4n) is 3.34. The number of imide groups is 1. The molecule has 0 unspecified atom stereocenters. The van der Waals surface area contributed by atoms with Gasteiger partial charge in [-0.3, -0.25) is 29.4 Å². The summed E-state index contributed by atoms with van der Waals surface area (Å²) in [5, 5.41) is 11.1. The van der Waals surface area contributed by atoms with E-state index in [4.69, 9.17) is 0 Å². The topological polar surface area (TPSA) is 115 Å². The molecule has 0 bridgehead atoms. The number of anilines is 1. The SMILES string of the molecule is C=CCn1c(=NC(=O)c2ccc(N3C(=O)CCC3=O)cc2)sc2cc([N+](=O)[O-])ccc21. The molecule has 0 atom stereocenters. The van der Waals surface area contributed by atoms with Gasteiger partial charge in [0.2, 0.25) is 11.8 Å². The second-order valence-corrected chi connectivity index (χ2v) is 7.79. The highest BCUT2D eigenvalue weighted by atomic mass is 32.1. The van der Waals surface area contributed by atoms with E-state index < -0.39 is 10.8 Å². The Bertz CT molecular complexity index is 1300. The standard InChI is InChI=1S/C21H16N4O5S/c1-2-11-23-16-8-7-15(25(29)30)12-17(16)31-21(23)22-20(28)13-3-5-14(6-4-13)24-18(26)9-10-19(24)27/h2-8,12H,1,9-11H2. The van der Waals surface area contributed by atoms with E-state index >= 15 is 0 Å². The summed E-state index contributed by atoms with van der Waals surface area (Å²) in [5.41, 5.74) is 1.37. The lowest BCUT2D eigenvalue weighted by molar-refractivity contribution is -0.384. The quantitative estimate of drug-likeness (QED) is 0.264. The van der Waals surface area contributed by atoms with Crippen LogP contribution in [0, 0.1) is 10.1 Å². The second kappa shape index (κ2) is 8.07. The maximum Gasteiger partial charge on any atom is 0.279 e. The zero-order valence-electron chi connectivity index (χ0n) is 16.2. The first-order valence-corrected chi connectivity index (χ1v) is 10.1. The van der Waals surface area contributed by atoms with Crippen molar-refractivity contribution in [1.29, 1.82) is 0 Å². The summed E-state index contributed by atoms with van der Waals surface area (Å²) in [6, 6.07) is 10.6. The van der Waals surface area contributed by atoms with Crippen LogP contribution in [-0.2, 0) is 16.1 Å². The van der Waals surface area contributed by atoms with Crippen molar-refractivity contribution < 1.29 is 19.3 Å². The number of hydrogen-bond acceptors (Lipinski definition) is 6. The van der Waals surface area contributed by atoms with Crippen molar-refractivity contribution in [2.75, 3.05) is 4.90 Å². The van der Waals surface area contributed by atoms with Gasteiger partial charge in [0.15, 0.2) is 4.80 Å². The van der Waals surface area contributed by atoms with E-state index in [1.807, 2.05) is 0 Å². The molecule has 1 aromatic heterocycles. The number of nitro benzene ring substituents is 1. The Labute approximate surface area is 179 Å². The summed E-state index contributed by atoms with van der Waals surface area (Å²) in [4.78, 5) is 52.7. The summed E-state index contributed by atoms with van der Waals surface area (Å²) in [5.74, 6) is -1.04. The van der Waals surface area contributed by atoms with Gasteiger partial charge in [-0.1, -0.05) is 17.4 Å². The number of amides is 3. The molecule has 2 aromatic carbocycles. The fourth-order valence-corrected chi connectivity index (χ4v) is 4.41. The molecule has 1 aliphatic heterocycles. The molecule has 0 saturated carbocycles. The molecule has 1 saturated heterocycles. The van der Waals surface area contributed by atoms with Crippen LogP contribution in [0.15, 0.2) is 60.1 Å². The summed E-state index contributed by atoms with van der Waals surface area (Å²) in [7, 11) is 0. The molecule has 0 aliphatic carbocycles. The van der Waals surface area contributed by atoms with Crippen LogP contribution in [0.5, 0.6) is 0 Å². The van der Waals surface area contributed by atoms with Crippen LogP contribution < -0.4 is 9.70 Å². The number of rotatable bonds is 5. The van der Waals surface area contributed by atoms with Crippen molar-refractivity contribution in [2.45, 2.75) is 19.4 Å². The van der Waals surface area contributed by atoms with Gasteiger partial charge in [0, 0.05) is 37.1 Å². The van der Waals surface area contributed by atoms with Crippen molar-refractivity contribution in [3.05, 3.63) is 75.6 Å². The van der Waals surface area contributed by atoms with Gasteiger partial charge in [0.05, 0.1) is 20.8 Å². The van der Waals surface area contributed by atoms with Gasteiger partial charge < -0.3 is 4.57 Å². The molecular formula is C21H16N4O5S. The van der Waals surface area contributed by atoms with Crippen LogP contribution >= 0.6 is 11.3 Å². The molecule has 4 rings (SSSR count). The molecule has 1 fully saturated rings. The summed E-state index contributed by atoms with van der Waals surface area (Å²) in [6.45, 7) is 4.09. The van der Waals surface area contributed by atoms with E-state index in [2.05, 4.69) is 11.6 Å². The third kappa shape index (κ3) is 3.80. The van der Waals surface area contributed by atoms with Crippen molar-refractivity contribution in [3.8, 4) is 0 Å². The predicted octanol–water partition coefficient (Wildman–Crippen LogP) is 3.19. The summed E-state index contributed by atoms with van der Waals surface area (Å²) in [6.07, 6.45) is 2.01. The number of aromatic nitrogens is 1. The highest BCUT2D eigenvalue weighted by molar-refractivity contribution is 7.16. The Balaban J connectivity index is 1.70. The first-order chi connectivity index (χ1) is 14.9. The lowest BCUT2D eigenvalue weighted by Gasteiger charge is -2.13. The largest absolute Gasteiger partial charge is 0.312 e. The number of hydrogen-bond donors (Lipinski definition) is 0. The highest BCUT2D eigenvalue weighted by Crippen LogP contribution is 2.24. The van der Waals surface area contributed by atoms with E-state index in [0.29, 0.717) is 27.3 Å². The number of non-ortho nitro benzene ring substituents is 1. The molecule has 2 heterocycles. The maximum absolute atomic E-state index is 12.7. The molecule has 156 valence electrons. The average Bonchev–Trinajstić information content (AvgIpc) is 3.27. The third-order valence-electron chi connectivity index (χ3n) is 4.81. The monoisotopic (exact) mass is 436 g/mol. The number of benzene rings is 2. The molecular weight excluding hydrogens is 420 g/mol. The highest BCUT2D eigenvalue weighted by Gasteiger charge is 2.30. The third-order valence-corrected chi connectivity index (χ3v) is 5.85. The lowest BCUT2D eigenvalue weighted by atomic mass is 10.2. The van der Waals surface area contributed by atoms with E-state index in [1.54, 1.807) is 16.7 Å². The number of nitro groups is 1. The molecule has 0 radical (unpaired) electrons. The van der Waals surface area contributed by atoms with Crippen molar-refractivity contribution >= 4 is 50.6 Å². The predicted molar refractivity (Wildman–Crippen MR) is 115 cm³/mol. The van der Waals surface area contributed by atoms with Gasteiger partial charge in [-0.25, -0.2) is 0 Å². The maximum atomic E-state index is 12.7. The van der Waals surface area contributed by atoms with Crippen molar-refractivity contribution in [1.82, 2.24) is 4.57 Å². The minimum atomic E-state index is -0.510. The zero-order valence-corrected chi connectivity index (χ0v) is 17.0. The van der Waals surface area contributed by atoms with Crippen LogP contribution in [0.1, 0.15) is 23.2 Å². The molecule has 0 N–H and O–H groups in total. The minimum Gasteiger partial charge on any atom is -0.312 e. The Morgan fingerprint density at radius 1 is 1.16 bits per heavy atom. The number of fused-ring (bicyclic) bond motifs is 1. The van der Waals surface area contributed by atoms with Crippen LogP contribution in [0.25, 0.3) is 10.2 Å². The number of carbonyl (C=O) groups excluding carboxylic acids is 3. The first kappa shape index (κ1) is 20.4. The minimum absolute atomic E-state index is 0.0426. The molecule has 9 nitrogen and oxygen atoms in total. The Kier molecular flexibility index (Phi) is 5.30. The number of thiazole rings is 1. The van der Waals surface area contributed by atoms with Gasteiger partial charge in [0.1, 0.15) is 0 Å². The van der Waals surface area contributed by atoms with Crippen LogP contribution in [-0.4, -0.2) is 27.2 Å². The Hall–Kier alpha value is -3.92. The normalized spacial score (nSPS) is 14.5. The average molecular weight is 436 g/mol. The zero-order chi connectivity index (χ0) is 22.1. The van der Waals surface area contributed by atoms with Crippen LogP contribution in [0.4, 0.5) is 11.4 Å². The lowest BCUT2D eigenvalue weighted by Crippen LogP contribution is -2.28. The summed E-state index contributed by atoms with van der Waals surface area (Å²) < 4.78 is 2.38. The Morgan fingerprint density at radius 3 is 2.45 bits per heavy atom. The van der Waals surface area contributed by atoms with Crippen molar-refractivity contribution in [2.24, 2.45) is 4.99 Å².